The topological polar surface area (TPSA) is 67.6 Å². The van der Waals surface area contributed by atoms with Crippen LogP contribution in [0.15, 0.2) is 0 Å². The van der Waals surface area contributed by atoms with Crippen molar-refractivity contribution < 1.29 is 9.53 Å². The fourth-order valence-corrected chi connectivity index (χ4v) is 2.28. The van der Waals surface area contributed by atoms with Crippen molar-refractivity contribution in [1.29, 1.82) is 0 Å². The largest absolute Gasteiger partial charge is 0.378 e. The molecule has 0 aromatic rings. The fourth-order valence-electron chi connectivity index (χ4n) is 2.28. The zero-order chi connectivity index (χ0) is 12.7. The number of likely N-dealkylation sites (N-methyl/N-ethyl adjacent to an activating group) is 1. The highest BCUT2D eigenvalue weighted by Gasteiger charge is 2.20. The van der Waals surface area contributed by atoms with E-state index >= 15 is 0 Å². The van der Waals surface area contributed by atoms with Crippen molar-refractivity contribution in [2.45, 2.75) is 38.3 Å². The normalized spacial score (nSPS) is 20.4. The summed E-state index contributed by atoms with van der Waals surface area (Å²) in [7, 11) is 1.77. The van der Waals surface area contributed by atoms with E-state index in [2.05, 4.69) is 10.2 Å². The first-order valence-corrected chi connectivity index (χ1v) is 6.48. The average molecular weight is 243 g/mol. The van der Waals surface area contributed by atoms with Crippen LogP contribution in [0.25, 0.3) is 0 Å². The summed E-state index contributed by atoms with van der Waals surface area (Å²) in [5, 5.41) is 2.94. The van der Waals surface area contributed by atoms with Gasteiger partial charge in [-0.3, -0.25) is 4.79 Å². The standard InChI is InChI=1S/C12H25N3O2/c1-3-17-10-4-7-15(8-5-10)9-6-11(14-2)12(13)16/h10-11,14H,3-9H2,1-2H3,(H2,13,16). The molecule has 3 N–H and O–H groups in total. The lowest BCUT2D eigenvalue weighted by atomic mass is 10.1. The van der Waals surface area contributed by atoms with Gasteiger partial charge in [0, 0.05) is 26.2 Å². The van der Waals surface area contributed by atoms with Crippen LogP contribution < -0.4 is 11.1 Å². The zero-order valence-corrected chi connectivity index (χ0v) is 10.9. The predicted molar refractivity (Wildman–Crippen MR) is 67.7 cm³/mol. The molecule has 1 aliphatic heterocycles. The Morgan fingerprint density at radius 3 is 2.65 bits per heavy atom. The molecular weight excluding hydrogens is 218 g/mol. The van der Waals surface area contributed by atoms with Crippen molar-refractivity contribution >= 4 is 5.91 Å². The highest BCUT2D eigenvalue weighted by molar-refractivity contribution is 5.79. The number of rotatable bonds is 7. The Morgan fingerprint density at radius 2 is 2.18 bits per heavy atom. The maximum absolute atomic E-state index is 11.1. The zero-order valence-electron chi connectivity index (χ0n) is 10.9. The smallest absolute Gasteiger partial charge is 0.234 e. The molecule has 1 heterocycles. The van der Waals surface area contributed by atoms with Gasteiger partial charge in [0.05, 0.1) is 12.1 Å². The Bertz CT molecular complexity index is 228. The lowest BCUT2D eigenvalue weighted by Gasteiger charge is -2.32. The van der Waals surface area contributed by atoms with Gasteiger partial charge in [0.2, 0.25) is 5.91 Å². The third kappa shape index (κ3) is 5.02. The van der Waals surface area contributed by atoms with Gasteiger partial charge in [0.1, 0.15) is 0 Å². The molecule has 100 valence electrons. The van der Waals surface area contributed by atoms with Crippen molar-refractivity contribution in [3.63, 3.8) is 0 Å². The summed E-state index contributed by atoms with van der Waals surface area (Å²) in [6.07, 6.45) is 3.39. The van der Waals surface area contributed by atoms with Gasteiger partial charge in [-0.05, 0) is 33.2 Å². The summed E-state index contributed by atoms with van der Waals surface area (Å²) in [5.41, 5.74) is 5.28. The van der Waals surface area contributed by atoms with Gasteiger partial charge in [-0.2, -0.15) is 0 Å². The number of hydrogen-bond donors (Lipinski definition) is 2. The maximum atomic E-state index is 11.1. The van der Waals surface area contributed by atoms with E-state index in [1.165, 1.54) is 0 Å². The number of nitrogens with one attached hydrogen (secondary N) is 1. The van der Waals surface area contributed by atoms with Gasteiger partial charge in [0.25, 0.3) is 0 Å². The van der Waals surface area contributed by atoms with E-state index < -0.39 is 0 Å². The first-order chi connectivity index (χ1) is 8.17. The first-order valence-electron chi connectivity index (χ1n) is 6.48. The fraction of sp³-hybridized carbons (Fsp3) is 0.917. The molecule has 1 aliphatic rings. The molecule has 0 radical (unpaired) electrons. The van der Waals surface area contributed by atoms with Crippen molar-refractivity contribution in [2.75, 3.05) is 33.3 Å². The highest BCUT2D eigenvalue weighted by atomic mass is 16.5. The molecule has 0 saturated carbocycles. The van der Waals surface area contributed by atoms with Crippen molar-refractivity contribution in [1.82, 2.24) is 10.2 Å². The summed E-state index contributed by atoms with van der Waals surface area (Å²) >= 11 is 0. The van der Waals surface area contributed by atoms with E-state index in [0.717, 1.165) is 45.5 Å². The second-order valence-corrected chi connectivity index (χ2v) is 4.53. The van der Waals surface area contributed by atoms with Gasteiger partial charge in [-0.1, -0.05) is 0 Å². The van der Waals surface area contributed by atoms with Gasteiger partial charge < -0.3 is 20.7 Å². The molecule has 1 rings (SSSR count). The van der Waals surface area contributed by atoms with Gasteiger partial charge in [-0.15, -0.1) is 0 Å². The third-order valence-electron chi connectivity index (χ3n) is 3.36. The molecule has 0 aromatic carbocycles. The molecule has 0 bridgehead atoms. The third-order valence-corrected chi connectivity index (χ3v) is 3.36. The number of hydrogen-bond acceptors (Lipinski definition) is 4. The summed E-state index contributed by atoms with van der Waals surface area (Å²) in [4.78, 5) is 13.4. The Kier molecular flexibility index (Phi) is 6.47. The van der Waals surface area contributed by atoms with E-state index in [1.807, 2.05) is 6.92 Å². The van der Waals surface area contributed by atoms with E-state index in [-0.39, 0.29) is 11.9 Å². The summed E-state index contributed by atoms with van der Waals surface area (Å²) in [6.45, 7) is 5.87. The van der Waals surface area contributed by atoms with Gasteiger partial charge in [-0.25, -0.2) is 0 Å². The second kappa shape index (κ2) is 7.63. The molecule has 1 amide bonds. The molecule has 1 fully saturated rings. The molecule has 0 aliphatic carbocycles. The lowest BCUT2D eigenvalue weighted by molar-refractivity contribution is -0.120. The van der Waals surface area contributed by atoms with Crippen LogP contribution >= 0.6 is 0 Å². The minimum atomic E-state index is -0.267. The summed E-state index contributed by atoms with van der Waals surface area (Å²) in [6, 6.07) is -0.209. The molecular formula is C12H25N3O2. The van der Waals surface area contributed by atoms with Crippen molar-refractivity contribution in [3.05, 3.63) is 0 Å². The van der Waals surface area contributed by atoms with Crippen LogP contribution in [-0.4, -0.2) is 56.2 Å². The number of likely N-dealkylation sites (tertiary alicyclic amines) is 1. The summed E-state index contributed by atoms with van der Waals surface area (Å²) < 4.78 is 5.60. The molecule has 0 spiro atoms. The highest BCUT2D eigenvalue weighted by Crippen LogP contribution is 2.13. The monoisotopic (exact) mass is 243 g/mol. The Morgan fingerprint density at radius 1 is 1.53 bits per heavy atom. The quantitative estimate of drug-likeness (QED) is 0.658. The van der Waals surface area contributed by atoms with Crippen LogP contribution in [0.3, 0.4) is 0 Å². The van der Waals surface area contributed by atoms with Crippen LogP contribution in [0.1, 0.15) is 26.2 Å². The van der Waals surface area contributed by atoms with E-state index in [1.54, 1.807) is 7.05 Å². The number of piperidine rings is 1. The van der Waals surface area contributed by atoms with Crippen LogP contribution in [0.2, 0.25) is 0 Å². The van der Waals surface area contributed by atoms with Gasteiger partial charge in [0.15, 0.2) is 0 Å². The minimum Gasteiger partial charge on any atom is -0.378 e. The van der Waals surface area contributed by atoms with Gasteiger partial charge >= 0.3 is 0 Å². The Balaban J connectivity index is 2.19. The Labute approximate surface area is 104 Å². The number of nitrogens with zero attached hydrogens (tertiary/aromatic N) is 1. The molecule has 1 saturated heterocycles. The molecule has 0 aromatic heterocycles. The number of ether oxygens (including phenoxy) is 1. The second-order valence-electron chi connectivity index (χ2n) is 4.53. The van der Waals surface area contributed by atoms with Crippen LogP contribution in [0.5, 0.6) is 0 Å². The van der Waals surface area contributed by atoms with E-state index in [4.69, 9.17) is 10.5 Å². The number of carbonyl (C=O) groups excluding carboxylic acids is 1. The van der Waals surface area contributed by atoms with Crippen molar-refractivity contribution in [3.8, 4) is 0 Å². The number of amides is 1. The van der Waals surface area contributed by atoms with E-state index in [0.29, 0.717) is 6.10 Å². The number of primary amides is 1. The molecule has 5 nitrogen and oxygen atoms in total. The first kappa shape index (κ1) is 14.4. The predicted octanol–water partition coefficient (Wildman–Crippen LogP) is -0.0493. The number of carbonyl (C=O) groups is 1. The molecule has 5 heteroatoms. The number of nitrogens with two attached hydrogens (primary N) is 1. The van der Waals surface area contributed by atoms with Crippen molar-refractivity contribution in [2.24, 2.45) is 5.73 Å². The van der Waals surface area contributed by atoms with Crippen LogP contribution in [0, 0.1) is 0 Å². The van der Waals surface area contributed by atoms with Crippen LogP contribution in [0.4, 0.5) is 0 Å². The molecule has 1 atom stereocenters. The molecule has 1 unspecified atom stereocenters. The average Bonchev–Trinajstić information content (AvgIpc) is 2.32. The van der Waals surface area contributed by atoms with E-state index in [9.17, 15) is 4.79 Å². The molecule has 17 heavy (non-hydrogen) atoms. The SMILES string of the molecule is CCOC1CCN(CCC(NC)C(N)=O)CC1. The maximum Gasteiger partial charge on any atom is 0.234 e. The van der Waals surface area contributed by atoms with Crippen LogP contribution in [-0.2, 0) is 9.53 Å². The lowest BCUT2D eigenvalue weighted by Crippen LogP contribution is -2.44. The minimum absolute atomic E-state index is 0.209. The summed E-state index contributed by atoms with van der Waals surface area (Å²) in [5.74, 6) is -0.267. The Hall–Kier alpha value is -0.650.